The molecule has 0 spiro atoms. The molecule has 0 saturated carbocycles. The normalized spacial score (nSPS) is 10.9. The lowest BCUT2D eigenvalue weighted by atomic mass is 10.1. The lowest BCUT2D eigenvalue weighted by Crippen LogP contribution is -2.05. The van der Waals surface area contributed by atoms with E-state index in [9.17, 15) is 9.18 Å². The summed E-state index contributed by atoms with van der Waals surface area (Å²) in [6, 6.07) is 13.4. The van der Waals surface area contributed by atoms with Crippen LogP contribution in [0.3, 0.4) is 0 Å². The van der Waals surface area contributed by atoms with Crippen molar-refractivity contribution in [2.24, 2.45) is 0 Å². The number of carboxylic acid groups (broad SMARTS) is 1. The van der Waals surface area contributed by atoms with Crippen LogP contribution in [0.1, 0.15) is 21.5 Å². The van der Waals surface area contributed by atoms with Crippen LogP contribution in [0.15, 0.2) is 54.6 Å². The van der Waals surface area contributed by atoms with Crippen LogP contribution in [-0.4, -0.2) is 17.7 Å². The summed E-state index contributed by atoms with van der Waals surface area (Å²) in [6.07, 6.45) is 3.77. The van der Waals surface area contributed by atoms with Gasteiger partial charge in [0.05, 0.1) is 18.8 Å². The molecule has 0 aliphatic carbocycles. The lowest BCUT2D eigenvalue weighted by molar-refractivity contribution is 0.0689. The molecule has 0 atom stereocenters. The fourth-order valence-electron chi connectivity index (χ4n) is 1.86. The van der Waals surface area contributed by atoms with Crippen LogP contribution in [0.25, 0.3) is 6.08 Å². The van der Waals surface area contributed by atoms with Crippen LogP contribution in [0.5, 0.6) is 0 Å². The fourth-order valence-corrected chi connectivity index (χ4v) is 1.86. The molecule has 0 saturated heterocycles. The van der Waals surface area contributed by atoms with Crippen LogP contribution >= 0.6 is 0 Å². The predicted molar refractivity (Wildman–Crippen MR) is 78.5 cm³/mol. The highest BCUT2D eigenvalue weighted by Crippen LogP contribution is 2.13. The molecule has 0 bridgehead atoms. The smallest absolute Gasteiger partial charge is 0.336 e. The van der Waals surface area contributed by atoms with E-state index < -0.39 is 11.8 Å². The van der Waals surface area contributed by atoms with Gasteiger partial charge in [0.2, 0.25) is 0 Å². The topological polar surface area (TPSA) is 46.5 Å². The van der Waals surface area contributed by atoms with Gasteiger partial charge in [0.25, 0.3) is 0 Å². The minimum atomic E-state index is -1.16. The zero-order valence-corrected chi connectivity index (χ0v) is 11.3. The maximum atomic E-state index is 13.0. The van der Waals surface area contributed by atoms with Gasteiger partial charge in [-0.25, -0.2) is 9.18 Å². The van der Waals surface area contributed by atoms with E-state index in [0.717, 1.165) is 11.6 Å². The first-order valence-corrected chi connectivity index (χ1v) is 6.48. The number of hydrogen-bond acceptors (Lipinski definition) is 2. The summed E-state index contributed by atoms with van der Waals surface area (Å²) in [7, 11) is 0. The van der Waals surface area contributed by atoms with E-state index in [-0.39, 0.29) is 12.2 Å². The predicted octanol–water partition coefficient (Wildman–Crippen LogP) is 3.75. The summed E-state index contributed by atoms with van der Waals surface area (Å²) in [5.41, 5.74) is 1.45. The van der Waals surface area contributed by atoms with Gasteiger partial charge < -0.3 is 9.84 Å². The van der Waals surface area contributed by atoms with E-state index >= 15 is 0 Å². The molecule has 0 unspecified atom stereocenters. The molecule has 0 aliphatic rings. The third kappa shape index (κ3) is 4.54. The van der Waals surface area contributed by atoms with E-state index in [1.54, 1.807) is 0 Å². The Hall–Kier alpha value is -2.46. The Balaban J connectivity index is 1.89. The van der Waals surface area contributed by atoms with Crippen LogP contribution in [0, 0.1) is 5.82 Å². The van der Waals surface area contributed by atoms with Crippen molar-refractivity contribution in [2.45, 2.75) is 6.61 Å². The second kappa shape index (κ2) is 7.36. The van der Waals surface area contributed by atoms with Crippen molar-refractivity contribution in [1.29, 1.82) is 0 Å². The van der Waals surface area contributed by atoms with Crippen molar-refractivity contribution in [3.63, 3.8) is 0 Å². The van der Waals surface area contributed by atoms with E-state index in [1.165, 1.54) is 12.1 Å². The average molecular weight is 286 g/mol. The second-order valence-electron chi connectivity index (χ2n) is 4.43. The molecule has 0 aliphatic heterocycles. The lowest BCUT2D eigenvalue weighted by Gasteiger charge is -2.06. The summed E-state index contributed by atoms with van der Waals surface area (Å²) in [6.45, 7) is 0.479. The number of rotatable bonds is 6. The largest absolute Gasteiger partial charge is 0.478 e. The van der Waals surface area contributed by atoms with Gasteiger partial charge in [-0.15, -0.1) is 0 Å². The minimum absolute atomic E-state index is 0.0676. The molecule has 0 radical (unpaired) electrons. The summed E-state index contributed by atoms with van der Waals surface area (Å²) in [5, 5.41) is 9.01. The SMILES string of the molecule is O=C(O)c1cc(F)ccc1COCC=Cc1ccccc1. The van der Waals surface area contributed by atoms with Crippen LogP contribution in [0.2, 0.25) is 0 Å². The summed E-state index contributed by atoms with van der Waals surface area (Å²) in [4.78, 5) is 11.0. The van der Waals surface area contributed by atoms with E-state index in [1.807, 2.05) is 42.5 Å². The minimum Gasteiger partial charge on any atom is -0.478 e. The number of carbonyl (C=O) groups is 1. The van der Waals surface area contributed by atoms with Gasteiger partial charge in [0.15, 0.2) is 0 Å². The molecule has 0 fully saturated rings. The number of halogens is 1. The first-order valence-electron chi connectivity index (χ1n) is 6.48. The van der Waals surface area contributed by atoms with Crippen molar-refractivity contribution >= 4 is 12.0 Å². The van der Waals surface area contributed by atoms with Crippen molar-refractivity contribution < 1.29 is 19.0 Å². The van der Waals surface area contributed by atoms with Gasteiger partial charge in [0, 0.05) is 0 Å². The zero-order valence-electron chi connectivity index (χ0n) is 11.3. The molecule has 0 aromatic heterocycles. The van der Waals surface area contributed by atoms with E-state index in [2.05, 4.69) is 0 Å². The molecule has 1 N–H and O–H groups in total. The Morgan fingerprint density at radius 1 is 1.19 bits per heavy atom. The van der Waals surface area contributed by atoms with Crippen molar-refractivity contribution in [1.82, 2.24) is 0 Å². The maximum Gasteiger partial charge on any atom is 0.336 e. The first kappa shape index (κ1) is 14.9. The first-order chi connectivity index (χ1) is 10.2. The summed E-state index contributed by atoms with van der Waals surface area (Å²) < 4.78 is 18.4. The molecular formula is C17H15FO3. The quantitative estimate of drug-likeness (QED) is 0.823. The van der Waals surface area contributed by atoms with E-state index in [0.29, 0.717) is 12.2 Å². The average Bonchev–Trinajstić information content (AvgIpc) is 2.49. The highest BCUT2D eigenvalue weighted by molar-refractivity contribution is 5.89. The van der Waals surface area contributed by atoms with Gasteiger partial charge in [-0.3, -0.25) is 0 Å². The number of ether oxygens (including phenoxy) is 1. The molecule has 2 aromatic carbocycles. The Morgan fingerprint density at radius 3 is 2.67 bits per heavy atom. The van der Waals surface area contributed by atoms with Gasteiger partial charge in [0.1, 0.15) is 5.82 Å². The number of aromatic carboxylic acids is 1. The van der Waals surface area contributed by atoms with Gasteiger partial charge in [-0.1, -0.05) is 48.6 Å². The number of hydrogen-bond donors (Lipinski definition) is 1. The summed E-state index contributed by atoms with van der Waals surface area (Å²) in [5.74, 6) is -1.73. The molecular weight excluding hydrogens is 271 g/mol. The zero-order chi connectivity index (χ0) is 15.1. The fraction of sp³-hybridized carbons (Fsp3) is 0.118. The molecule has 2 aromatic rings. The molecule has 3 nitrogen and oxygen atoms in total. The Morgan fingerprint density at radius 2 is 1.95 bits per heavy atom. The number of benzene rings is 2. The molecule has 2 rings (SSSR count). The van der Waals surface area contributed by atoms with Crippen LogP contribution < -0.4 is 0 Å². The summed E-state index contributed by atoms with van der Waals surface area (Å²) >= 11 is 0. The molecule has 108 valence electrons. The van der Waals surface area contributed by atoms with E-state index in [4.69, 9.17) is 9.84 Å². The Bertz CT molecular complexity index is 636. The number of carboxylic acids is 1. The highest BCUT2D eigenvalue weighted by atomic mass is 19.1. The molecule has 21 heavy (non-hydrogen) atoms. The molecule has 4 heteroatoms. The Labute approximate surface area is 122 Å². The van der Waals surface area contributed by atoms with Crippen LogP contribution in [-0.2, 0) is 11.3 Å². The Kier molecular flexibility index (Phi) is 5.23. The van der Waals surface area contributed by atoms with Gasteiger partial charge in [-0.2, -0.15) is 0 Å². The second-order valence-corrected chi connectivity index (χ2v) is 4.43. The third-order valence-corrected chi connectivity index (χ3v) is 2.88. The molecule has 0 heterocycles. The molecule has 0 amide bonds. The van der Waals surface area contributed by atoms with Crippen LogP contribution in [0.4, 0.5) is 4.39 Å². The van der Waals surface area contributed by atoms with Gasteiger partial charge >= 0.3 is 5.97 Å². The highest BCUT2D eigenvalue weighted by Gasteiger charge is 2.10. The van der Waals surface area contributed by atoms with Gasteiger partial charge in [-0.05, 0) is 23.3 Å². The van der Waals surface area contributed by atoms with Crippen molar-refractivity contribution in [2.75, 3.05) is 6.61 Å². The van der Waals surface area contributed by atoms with Crippen molar-refractivity contribution in [3.8, 4) is 0 Å². The standard InChI is InChI=1S/C17H15FO3/c18-15-9-8-14(16(11-15)17(19)20)12-21-10-4-7-13-5-2-1-3-6-13/h1-9,11H,10,12H2,(H,19,20). The van der Waals surface area contributed by atoms with Crippen molar-refractivity contribution in [3.05, 3.63) is 77.1 Å². The maximum absolute atomic E-state index is 13.0. The monoisotopic (exact) mass is 286 g/mol. The third-order valence-electron chi connectivity index (χ3n) is 2.88.